The lowest BCUT2D eigenvalue weighted by molar-refractivity contribution is -0.146. The van der Waals surface area contributed by atoms with Crippen molar-refractivity contribution < 1.29 is 13.2 Å². The van der Waals surface area contributed by atoms with Crippen molar-refractivity contribution in [2.45, 2.75) is 25.9 Å². The Balaban J connectivity index is 2.90. The summed E-state index contributed by atoms with van der Waals surface area (Å²) in [6.45, 7) is 2.87. The van der Waals surface area contributed by atoms with Gasteiger partial charge in [-0.25, -0.2) is 0 Å². The van der Waals surface area contributed by atoms with Crippen LogP contribution in [0, 0.1) is 6.92 Å². The van der Waals surface area contributed by atoms with Crippen molar-refractivity contribution in [2.24, 2.45) is 0 Å². The van der Waals surface area contributed by atoms with E-state index in [4.69, 9.17) is 0 Å². The van der Waals surface area contributed by atoms with Crippen LogP contribution in [0.2, 0.25) is 0 Å². The molecule has 1 atom stereocenters. The van der Waals surface area contributed by atoms with Gasteiger partial charge in [-0.1, -0.05) is 6.07 Å². The zero-order chi connectivity index (χ0) is 10.1. The Kier molecular flexibility index (Phi) is 2.59. The minimum absolute atomic E-state index is 0.207. The predicted molar refractivity (Wildman–Crippen MR) is 43.4 cm³/mol. The highest BCUT2D eigenvalue weighted by molar-refractivity contribution is 5.18. The van der Waals surface area contributed by atoms with Gasteiger partial charge in [0, 0.05) is 11.9 Å². The van der Waals surface area contributed by atoms with Gasteiger partial charge in [-0.15, -0.1) is 0 Å². The third-order valence-corrected chi connectivity index (χ3v) is 1.93. The van der Waals surface area contributed by atoms with Crippen LogP contribution in [-0.4, -0.2) is 11.2 Å². The summed E-state index contributed by atoms with van der Waals surface area (Å²) >= 11 is 0. The lowest BCUT2D eigenvalue weighted by Crippen LogP contribution is -2.17. The van der Waals surface area contributed by atoms with Crippen molar-refractivity contribution in [3.63, 3.8) is 0 Å². The lowest BCUT2D eigenvalue weighted by atomic mass is 10.0. The number of alkyl halides is 3. The molecule has 1 nitrogen and oxygen atoms in total. The summed E-state index contributed by atoms with van der Waals surface area (Å²) in [6, 6.07) is 3.04. The van der Waals surface area contributed by atoms with Crippen LogP contribution in [0.4, 0.5) is 13.2 Å². The van der Waals surface area contributed by atoms with Gasteiger partial charge in [-0.05, 0) is 25.5 Å². The van der Waals surface area contributed by atoms with Crippen LogP contribution >= 0.6 is 0 Å². The summed E-state index contributed by atoms with van der Waals surface area (Å²) in [5.41, 5.74) is 0.927. The van der Waals surface area contributed by atoms with E-state index < -0.39 is 12.1 Å². The number of pyridine rings is 1. The minimum Gasteiger partial charge on any atom is -0.261 e. The number of hydrogen-bond donors (Lipinski definition) is 0. The van der Waals surface area contributed by atoms with Crippen LogP contribution in [0.25, 0.3) is 0 Å². The molecule has 0 fully saturated rings. The molecule has 13 heavy (non-hydrogen) atoms. The van der Waals surface area contributed by atoms with E-state index in [-0.39, 0.29) is 5.56 Å². The minimum atomic E-state index is -4.18. The largest absolute Gasteiger partial charge is 0.395 e. The van der Waals surface area contributed by atoms with Gasteiger partial charge in [-0.2, -0.15) is 13.2 Å². The van der Waals surface area contributed by atoms with Crippen molar-refractivity contribution in [1.82, 2.24) is 4.98 Å². The molecular weight excluding hydrogens is 179 g/mol. The molecule has 1 rings (SSSR count). The number of halogens is 3. The molecule has 0 spiro atoms. The van der Waals surface area contributed by atoms with Gasteiger partial charge in [0.15, 0.2) is 0 Å². The summed E-state index contributed by atoms with van der Waals surface area (Å²) < 4.78 is 36.6. The molecule has 72 valence electrons. The van der Waals surface area contributed by atoms with Gasteiger partial charge >= 0.3 is 6.18 Å². The van der Waals surface area contributed by atoms with Crippen LogP contribution in [0.15, 0.2) is 18.3 Å². The Labute approximate surface area is 74.6 Å². The molecule has 0 aliphatic carbocycles. The second-order valence-corrected chi connectivity index (χ2v) is 3.00. The fourth-order valence-corrected chi connectivity index (χ4v) is 0.924. The number of nitrogens with zero attached hydrogens (tertiary/aromatic N) is 1. The SMILES string of the molecule is Cc1ccc(C(C)C(F)(F)F)cn1. The summed E-state index contributed by atoms with van der Waals surface area (Å²) in [5, 5.41) is 0. The average molecular weight is 189 g/mol. The predicted octanol–water partition coefficient (Wildman–Crippen LogP) is 3.06. The van der Waals surface area contributed by atoms with E-state index in [0.717, 1.165) is 12.6 Å². The molecule has 0 saturated carbocycles. The highest BCUT2D eigenvalue weighted by atomic mass is 19.4. The molecule has 0 aliphatic heterocycles. The molecule has 0 amide bonds. The Morgan fingerprint density at radius 2 is 1.92 bits per heavy atom. The third kappa shape index (κ3) is 2.44. The maximum absolute atomic E-state index is 12.2. The molecule has 1 unspecified atom stereocenters. The first-order valence-corrected chi connectivity index (χ1v) is 3.90. The van der Waals surface area contributed by atoms with Crippen LogP contribution in [0.3, 0.4) is 0 Å². The summed E-state index contributed by atoms with van der Waals surface area (Å²) in [5.74, 6) is -1.44. The van der Waals surface area contributed by atoms with Crippen molar-refractivity contribution in [2.75, 3.05) is 0 Å². The first-order valence-electron chi connectivity index (χ1n) is 3.90. The van der Waals surface area contributed by atoms with Crippen LogP contribution in [0.5, 0.6) is 0 Å². The van der Waals surface area contributed by atoms with Crippen molar-refractivity contribution in [1.29, 1.82) is 0 Å². The molecular formula is C9H10F3N. The Hall–Kier alpha value is -1.06. The van der Waals surface area contributed by atoms with Gasteiger partial charge < -0.3 is 0 Å². The van der Waals surface area contributed by atoms with Crippen LogP contribution < -0.4 is 0 Å². The van der Waals surface area contributed by atoms with E-state index in [1.54, 1.807) is 13.0 Å². The van der Waals surface area contributed by atoms with E-state index in [2.05, 4.69) is 4.98 Å². The zero-order valence-corrected chi connectivity index (χ0v) is 7.39. The molecule has 1 heterocycles. The van der Waals surface area contributed by atoms with Crippen LogP contribution in [0.1, 0.15) is 24.1 Å². The molecule has 0 aliphatic rings. The molecule has 0 bridgehead atoms. The molecule has 1 aromatic rings. The topological polar surface area (TPSA) is 12.9 Å². The monoisotopic (exact) mass is 189 g/mol. The summed E-state index contributed by atoms with van der Waals surface area (Å²) in [7, 11) is 0. The summed E-state index contributed by atoms with van der Waals surface area (Å²) in [4.78, 5) is 3.81. The highest BCUT2D eigenvalue weighted by Gasteiger charge is 2.36. The number of aryl methyl sites for hydroxylation is 1. The fourth-order valence-electron chi connectivity index (χ4n) is 0.924. The Morgan fingerprint density at radius 3 is 2.31 bits per heavy atom. The fraction of sp³-hybridized carbons (Fsp3) is 0.444. The van der Waals surface area contributed by atoms with Gasteiger partial charge in [0.05, 0.1) is 5.92 Å². The second-order valence-electron chi connectivity index (χ2n) is 3.00. The third-order valence-electron chi connectivity index (χ3n) is 1.93. The smallest absolute Gasteiger partial charge is 0.261 e. The maximum atomic E-state index is 12.2. The van der Waals surface area contributed by atoms with Gasteiger partial charge in [0.2, 0.25) is 0 Å². The first-order chi connectivity index (χ1) is 5.91. The molecule has 4 heteroatoms. The number of rotatable bonds is 1. The molecule has 0 saturated heterocycles. The van der Waals surface area contributed by atoms with Crippen molar-refractivity contribution in [3.05, 3.63) is 29.6 Å². The van der Waals surface area contributed by atoms with E-state index in [1.165, 1.54) is 12.3 Å². The summed E-state index contributed by atoms with van der Waals surface area (Å²) in [6.07, 6.45) is -2.91. The number of aromatic nitrogens is 1. The van der Waals surface area contributed by atoms with Crippen molar-refractivity contribution >= 4 is 0 Å². The highest BCUT2D eigenvalue weighted by Crippen LogP contribution is 2.33. The first kappa shape index (κ1) is 10.0. The Bertz CT molecular complexity index is 276. The van der Waals surface area contributed by atoms with E-state index in [9.17, 15) is 13.2 Å². The Morgan fingerprint density at radius 1 is 1.31 bits per heavy atom. The van der Waals surface area contributed by atoms with E-state index in [1.807, 2.05) is 0 Å². The van der Waals surface area contributed by atoms with E-state index in [0.29, 0.717) is 0 Å². The maximum Gasteiger partial charge on any atom is 0.395 e. The molecule has 1 aromatic heterocycles. The molecule has 0 aromatic carbocycles. The van der Waals surface area contributed by atoms with Gasteiger partial charge in [0.25, 0.3) is 0 Å². The van der Waals surface area contributed by atoms with Crippen molar-refractivity contribution in [3.8, 4) is 0 Å². The standard InChI is InChI=1S/C9H10F3N/c1-6-3-4-8(5-13-6)7(2)9(10,11)12/h3-5,7H,1-2H3. The second kappa shape index (κ2) is 3.36. The number of hydrogen-bond acceptors (Lipinski definition) is 1. The van der Waals surface area contributed by atoms with Gasteiger partial charge in [0.1, 0.15) is 0 Å². The molecule has 0 N–H and O–H groups in total. The van der Waals surface area contributed by atoms with Crippen LogP contribution in [-0.2, 0) is 0 Å². The average Bonchev–Trinajstić information content (AvgIpc) is 2.03. The van der Waals surface area contributed by atoms with Gasteiger partial charge in [-0.3, -0.25) is 4.98 Å². The quantitative estimate of drug-likeness (QED) is 0.661. The van der Waals surface area contributed by atoms with E-state index >= 15 is 0 Å². The zero-order valence-electron chi connectivity index (χ0n) is 7.39. The normalized spacial score (nSPS) is 14.2. The lowest BCUT2D eigenvalue weighted by Gasteiger charge is -2.15. The molecule has 0 radical (unpaired) electrons.